The molecule has 4 heteroatoms. The zero-order valence-corrected chi connectivity index (χ0v) is 11.6. The van der Waals surface area contributed by atoms with Crippen LogP contribution < -0.4 is 0 Å². The van der Waals surface area contributed by atoms with E-state index in [1.165, 1.54) is 12.8 Å². The fourth-order valence-electron chi connectivity index (χ4n) is 3.32. The molecule has 2 saturated heterocycles. The number of carbonyl (C=O) groups is 1. The minimum Gasteiger partial charge on any atom is -0.481 e. The van der Waals surface area contributed by atoms with Gasteiger partial charge in [0.2, 0.25) is 0 Å². The highest BCUT2D eigenvalue weighted by molar-refractivity contribution is 5.75. The van der Waals surface area contributed by atoms with E-state index >= 15 is 0 Å². The van der Waals surface area contributed by atoms with Crippen molar-refractivity contribution in [2.75, 3.05) is 32.8 Å². The first-order valence-corrected chi connectivity index (χ1v) is 6.97. The lowest BCUT2D eigenvalue weighted by Gasteiger charge is -2.43. The van der Waals surface area contributed by atoms with Crippen LogP contribution in [0.15, 0.2) is 0 Å². The van der Waals surface area contributed by atoms with Gasteiger partial charge < -0.3 is 14.7 Å². The Bertz CT molecular complexity index is 308. The molecule has 1 N–H and O–H groups in total. The van der Waals surface area contributed by atoms with Gasteiger partial charge in [-0.2, -0.15) is 0 Å². The molecule has 18 heavy (non-hydrogen) atoms. The first kappa shape index (κ1) is 13.8. The molecule has 0 aromatic carbocycles. The van der Waals surface area contributed by atoms with Crippen LogP contribution in [0, 0.1) is 10.8 Å². The monoisotopic (exact) mass is 255 g/mol. The maximum Gasteiger partial charge on any atom is 0.313 e. The molecule has 1 atom stereocenters. The Morgan fingerprint density at radius 2 is 2.11 bits per heavy atom. The Kier molecular flexibility index (Phi) is 3.97. The van der Waals surface area contributed by atoms with E-state index in [1.807, 2.05) is 0 Å². The zero-order valence-electron chi connectivity index (χ0n) is 11.6. The van der Waals surface area contributed by atoms with Gasteiger partial charge in [-0.1, -0.05) is 13.8 Å². The third-order valence-corrected chi connectivity index (χ3v) is 4.28. The van der Waals surface area contributed by atoms with Crippen LogP contribution in [0.2, 0.25) is 0 Å². The van der Waals surface area contributed by atoms with Crippen LogP contribution in [0.3, 0.4) is 0 Å². The molecule has 0 aromatic rings. The summed E-state index contributed by atoms with van der Waals surface area (Å²) in [6.45, 7) is 8.29. The Hall–Kier alpha value is -0.610. The average molecular weight is 255 g/mol. The van der Waals surface area contributed by atoms with Crippen LogP contribution in [0.5, 0.6) is 0 Å². The van der Waals surface area contributed by atoms with E-state index in [9.17, 15) is 9.90 Å². The number of aliphatic carboxylic acids is 1. The lowest BCUT2D eigenvalue weighted by molar-refractivity contribution is -0.160. The number of hydrogen-bond acceptors (Lipinski definition) is 3. The Morgan fingerprint density at radius 3 is 2.67 bits per heavy atom. The van der Waals surface area contributed by atoms with E-state index in [0.29, 0.717) is 25.2 Å². The van der Waals surface area contributed by atoms with Gasteiger partial charge in [0.05, 0.1) is 6.61 Å². The van der Waals surface area contributed by atoms with Crippen LogP contribution in [0.25, 0.3) is 0 Å². The minimum absolute atomic E-state index is 0.313. The minimum atomic E-state index is -0.689. The fraction of sp³-hybridized carbons (Fsp3) is 0.929. The normalized spacial score (nSPS) is 33.2. The number of carboxylic acid groups (broad SMARTS) is 1. The number of likely N-dealkylation sites (tertiary alicyclic amines) is 1. The summed E-state index contributed by atoms with van der Waals surface area (Å²) in [5.41, 5.74) is -0.362. The molecule has 4 nitrogen and oxygen atoms in total. The van der Waals surface area contributed by atoms with Gasteiger partial charge in [-0.3, -0.25) is 4.79 Å². The van der Waals surface area contributed by atoms with Gasteiger partial charge >= 0.3 is 5.97 Å². The number of carboxylic acids is 1. The first-order chi connectivity index (χ1) is 8.44. The van der Waals surface area contributed by atoms with Crippen molar-refractivity contribution in [3.63, 3.8) is 0 Å². The molecule has 0 aliphatic carbocycles. The Morgan fingerprint density at radius 1 is 1.33 bits per heavy atom. The van der Waals surface area contributed by atoms with Crippen molar-refractivity contribution in [1.82, 2.24) is 4.90 Å². The summed E-state index contributed by atoms with van der Waals surface area (Å²) in [5.74, 6) is -0.689. The molecule has 1 unspecified atom stereocenters. The van der Waals surface area contributed by atoms with Crippen molar-refractivity contribution in [1.29, 1.82) is 0 Å². The summed E-state index contributed by atoms with van der Waals surface area (Å²) >= 11 is 0. The number of ether oxygens (including phenoxy) is 1. The predicted molar refractivity (Wildman–Crippen MR) is 69.6 cm³/mol. The number of nitrogens with zero attached hydrogens (tertiary/aromatic N) is 1. The highest BCUT2D eigenvalue weighted by Gasteiger charge is 2.43. The van der Waals surface area contributed by atoms with Crippen LogP contribution in [-0.2, 0) is 9.53 Å². The second-order valence-corrected chi connectivity index (χ2v) is 6.72. The molecule has 104 valence electrons. The van der Waals surface area contributed by atoms with Crippen LogP contribution in [0.4, 0.5) is 0 Å². The van der Waals surface area contributed by atoms with Crippen molar-refractivity contribution in [2.45, 2.75) is 39.5 Å². The second kappa shape index (κ2) is 5.17. The van der Waals surface area contributed by atoms with Gasteiger partial charge in [0.1, 0.15) is 5.41 Å². The Balaban J connectivity index is 2.02. The van der Waals surface area contributed by atoms with Crippen molar-refractivity contribution < 1.29 is 14.6 Å². The van der Waals surface area contributed by atoms with E-state index in [1.54, 1.807) is 0 Å². The van der Waals surface area contributed by atoms with Crippen molar-refractivity contribution in [3.8, 4) is 0 Å². The van der Waals surface area contributed by atoms with Gasteiger partial charge in [-0.25, -0.2) is 0 Å². The van der Waals surface area contributed by atoms with Crippen molar-refractivity contribution >= 4 is 5.97 Å². The highest BCUT2D eigenvalue weighted by Crippen LogP contribution is 2.34. The molecule has 2 fully saturated rings. The standard InChI is InChI=1S/C14H25NO3/c1-13(2)5-3-7-15(9-13)10-14(12(16)17)6-4-8-18-11-14/h3-11H2,1-2H3,(H,16,17). The summed E-state index contributed by atoms with van der Waals surface area (Å²) in [6, 6.07) is 0. The van der Waals surface area contributed by atoms with E-state index < -0.39 is 11.4 Å². The summed E-state index contributed by atoms with van der Waals surface area (Å²) < 4.78 is 5.43. The smallest absolute Gasteiger partial charge is 0.313 e. The fourth-order valence-corrected chi connectivity index (χ4v) is 3.32. The summed E-state index contributed by atoms with van der Waals surface area (Å²) in [7, 11) is 0. The van der Waals surface area contributed by atoms with E-state index in [0.717, 1.165) is 25.9 Å². The molecule has 0 amide bonds. The van der Waals surface area contributed by atoms with Crippen LogP contribution in [0.1, 0.15) is 39.5 Å². The average Bonchev–Trinajstić information content (AvgIpc) is 2.28. The van der Waals surface area contributed by atoms with Gasteiger partial charge in [-0.05, 0) is 37.6 Å². The Labute approximate surface area is 109 Å². The van der Waals surface area contributed by atoms with Crippen molar-refractivity contribution in [3.05, 3.63) is 0 Å². The van der Waals surface area contributed by atoms with Gasteiger partial charge in [0, 0.05) is 19.7 Å². The summed E-state index contributed by atoms with van der Waals surface area (Å²) in [6.07, 6.45) is 4.02. The van der Waals surface area contributed by atoms with E-state index in [4.69, 9.17) is 4.74 Å². The maximum absolute atomic E-state index is 11.6. The summed E-state index contributed by atoms with van der Waals surface area (Å²) in [4.78, 5) is 13.9. The third kappa shape index (κ3) is 3.04. The molecule has 0 bridgehead atoms. The molecule has 0 spiro atoms. The van der Waals surface area contributed by atoms with Crippen LogP contribution >= 0.6 is 0 Å². The molecular weight excluding hydrogens is 230 g/mol. The van der Waals surface area contributed by atoms with Crippen molar-refractivity contribution in [2.24, 2.45) is 10.8 Å². The molecular formula is C14H25NO3. The number of rotatable bonds is 3. The molecule has 2 aliphatic heterocycles. The summed E-state index contributed by atoms with van der Waals surface area (Å²) in [5, 5.41) is 9.54. The topological polar surface area (TPSA) is 49.8 Å². The molecule has 2 aliphatic rings. The quantitative estimate of drug-likeness (QED) is 0.838. The largest absolute Gasteiger partial charge is 0.481 e. The highest BCUT2D eigenvalue weighted by atomic mass is 16.5. The van der Waals surface area contributed by atoms with E-state index in [-0.39, 0.29) is 0 Å². The van der Waals surface area contributed by atoms with Gasteiger partial charge in [0.25, 0.3) is 0 Å². The van der Waals surface area contributed by atoms with E-state index in [2.05, 4.69) is 18.7 Å². The number of hydrogen-bond donors (Lipinski definition) is 1. The van der Waals surface area contributed by atoms with Gasteiger partial charge in [-0.15, -0.1) is 0 Å². The lowest BCUT2D eigenvalue weighted by Crippen LogP contribution is -2.51. The second-order valence-electron chi connectivity index (χ2n) is 6.72. The maximum atomic E-state index is 11.6. The molecule has 0 saturated carbocycles. The predicted octanol–water partition coefficient (Wildman–Crippen LogP) is 1.99. The van der Waals surface area contributed by atoms with Crippen LogP contribution in [-0.4, -0.2) is 48.8 Å². The zero-order chi connectivity index (χ0) is 13.2. The first-order valence-electron chi connectivity index (χ1n) is 6.97. The van der Waals surface area contributed by atoms with Gasteiger partial charge in [0.15, 0.2) is 0 Å². The molecule has 0 radical (unpaired) electrons. The molecule has 2 rings (SSSR count). The molecule has 0 aromatic heterocycles. The SMILES string of the molecule is CC1(C)CCCN(CC2(C(=O)O)CCCOC2)C1. The third-order valence-electron chi connectivity index (χ3n) is 4.28. The lowest BCUT2D eigenvalue weighted by atomic mass is 9.79. The molecule has 2 heterocycles. The number of piperidine rings is 1.